The van der Waals surface area contributed by atoms with E-state index in [9.17, 15) is 21.6 Å². The summed E-state index contributed by atoms with van der Waals surface area (Å²) in [7, 11) is -9.20. The van der Waals surface area contributed by atoms with Crippen molar-refractivity contribution < 1.29 is 39.8 Å². The van der Waals surface area contributed by atoms with E-state index in [1.807, 2.05) is 0 Å². The third-order valence-electron chi connectivity index (χ3n) is 0.458. The lowest BCUT2D eigenvalue weighted by Crippen LogP contribution is -2.21. The fourth-order valence-electron chi connectivity index (χ4n) is 0. The minimum absolute atomic E-state index is 0.854. The van der Waals surface area contributed by atoms with Gasteiger partial charge in [-0.05, 0) is 0 Å². The van der Waals surface area contributed by atoms with Gasteiger partial charge in [-0.25, -0.2) is 8.42 Å². The maximum Gasteiger partial charge on any atom is 0.522 e. The van der Waals surface area contributed by atoms with Gasteiger partial charge in [0.05, 0.1) is 6.26 Å². The Hall–Kier alpha value is -0.430. The monoisotopic (exact) mass is 261 g/mol. The topological polar surface area (TPSA) is 121 Å². The highest BCUT2D eigenvalue weighted by Gasteiger charge is 2.44. The highest BCUT2D eigenvalue weighted by Crippen LogP contribution is 2.20. The summed E-state index contributed by atoms with van der Waals surface area (Å²) < 4.78 is 76.8. The summed E-state index contributed by atoms with van der Waals surface area (Å²) in [5, 5.41) is 7.56. The van der Waals surface area contributed by atoms with E-state index in [0.29, 0.717) is 0 Å². The zero-order valence-corrected chi connectivity index (χ0v) is 8.11. The molecule has 0 aromatic carbocycles. The van der Waals surface area contributed by atoms with Crippen molar-refractivity contribution in [3.63, 3.8) is 0 Å². The quantitative estimate of drug-likeness (QED) is 0.326. The van der Waals surface area contributed by atoms with Gasteiger partial charge in [0.25, 0.3) is 0 Å². The number of rotatable bonds is 1. The van der Waals surface area contributed by atoms with Gasteiger partial charge in [-0.3, -0.25) is 4.55 Å². The lowest BCUT2D eigenvalue weighted by Gasteiger charge is -1.97. The Kier molecular flexibility index (Phi) is 5.58. The van der Waals surface area contributed by atoms with Gasteiger partial charge in [0.1, 0.15) is 0 Å². The van der Waals surface area contributed by atoms with Gasteiger partial charge >= 0.3 is 15.6 Å². The third kappa shape index (κ3) is 9.66. The second-order valence-corrected chi connectivity index (χ2v) is 4.92. The van der Waals surface area contributed by atoms with Crippen molar-refractivity contribution in [1.82, 2.24) is 4.89 Å². The molecule has 14 heavy (non-hydrogen) atoms. The SMILES string of the molecule is CS(=O)(=O)NO.O=S(=O)(O)C(F)(F)F. The van der Waals surface area contributed by atoms with E-state index < -0.39 is 25.6 Å². The Balaban J connectivity index is 0. The number of halogens is 3. The Morgan fingerprint density at radius 1 is 1.14 bits per heavy atom. The standard InChI is InChI=1S/CHF3O3S.CH5NO3S/c2-1(3,4)8(5,6)7;1-6(4,5)2-3/h(H,5,6,7);2-3H,1H3. The van der Waals surface area contributed by atoms with E-state index in [4.69, 9.17) is 18.2 Å². The smallest absolute Gasteiger partial charge is 0.302 e. The highest BCUT2D eigenvalue weighted by atomic mass is 32.2. The van der Waals surface area contributed by atoms with Crippen LogP contribution >= 0.6 is 0 Å². The molecule has 0 amide bonds. The van der Waals surface area contributed by atoms with Crippen molar-refractivity contribution >= 4 is 20.1 Å². The molecule has 0 saturated carbocycles. The van der Waals surface area contributed by atoms with Crippen LogP contribution in [0.5, 0.6) is 0 Å². The zero-order chi connectivity index (χ0) is 12.2. The fourth-order valence-corrected chi connectivity index (χ4v) is 0. The van der Waals surface area contributed by atoms with E-state index in [1.54, 1.807) is 0 Å². The van der Waals surface area contributed by atoms with Crippen LogP contribution < -0.4 is 4.89 Å². The Morgan fingerprint density at radius 3 is 1.29 bits per heavy atom. The summed E-state index contributed by atoms with van der Waals surface area (Å²) in [6.07, 6.45) is 0.854. The molecule has 0 aromatic heterocycles. The van der Waals surface area contributed by atoms with Crippen LogP contribution in [0.4, 0.5) is 13.2 Å². The van der Waals surface area contributed by atoms with Gasteiger partial charge in [-0.15, -0.1) is 0 Å². The molecule has 0 aliphatic rings. The van der Waals surface area contributed by atoms with Gasteiger partial charge in [-0.1, -0.05) is 4.89 Å². The van der Waals surface area contributed by atoms with Gasteiger partial charge in [-0.2, -0.15) is 21.6 Å². The van der Waals surface area contributed by atoms with Gasteiger partial charge < -0.3 is 5.21 Å². The first-order chi connectivity index (χ1) is 5.81. The first-order valence-electron chi connectivity index (χ1n) is 2.46. The largest absolute Gasteiger partial charge is 0.522 e. The van der Waals surface area contributed by atoms with Crippen LogP contribution in [0.25, 0.3) is 0 Å². The van der Waals surface area contributed by atoms with Crippen molar-refractivity contribution in [2.24, 2.45) is 0 Å². The number of nitrogens with one attached hydrogen (secondary N) is 1. The molecule has 0 rings (SSSR count). The molecule has 0 saturated heterocycles. The molecule has 0 aliphatic carbocycles. The average molecular weight is 261 g/mol. The fraction of sp³-hybridized carbons (Fsp3) is 1.00. The summed E-state index contributed by atoms with van der Waals surface area (Å²) in [5.41, 5.74) is -5.53. The van der Waals surface area contributed by atoms with E-state index >= 15 is 0 Å². The molecule has 0 fully saturated rings. The van der Waals surface area contributed by atoms with Crippen molar-refractivity contribution in [1.29, 1.82) is 0 Å². The molecule has 88 valence electrons. The zero-order valence-electron chi connectivity index (χ0n) is 6.48. The maximum atomic E-state index is 10.7. The number of alkyl halides is 3. The molecule has 0 bridgehead atoms. The van der Waals surface area contributed by atoms with Crippen LogP contribution in [-0.2, 0) is 20.1 Å². The predicted octanol–water partition coefficient (Wildman–Crippen LogP) is -0.681. The predicted molar refractivity (Wildman–Crippen MR) is 37.4 cm³/mol. The molecule has 0 unspecified atom stereocenters. The highest BCUT2D eigenvalue weighted by molar-refractivity contribution is 7.88. The van der Waals surface area contributed by atoms with Crippen molar-refractivity contribution in [3.8, 4) is 0 Å². The summed E-state index contributed by atoms with van der Waals surface area (Å²) in [6.45, 7) is 0. The second-order valence-electron chi connectivity index (χ2n) is 1.78. The van der Waals surface area contributed by atoms with Crippen LogP contribution in [0.15, 0.2) is 0 Å². The molecule has 0 spiro atoms. The minimum atomic E-state index is -5.84. The normalized spacial score (nSPS) is 13.0. The summed E-state index contributed by atoms with van der Waals surface area (Å²) >= 11 is 0. The minimum Gasteiger partial charge on any atom is -0.302 e. The molecular weight excluding hydrogens is 255 g/mol. The average Bonchev–Trinajstić information content (AvgIpc) is 1.82. The van der Waals surface area contributed by atoms with Crippen molar-refractivity contribution in [2.75, 3.05) is 6.26 Å². The molecule has 0 radical (unpaired) electrons. The van der Waals surface area contributed by atoms with Crippen LogP contribution in [0.1, 0.15) is 0 Å². The molecule has 0 heterocycles. The Bertz CT molecular complexity index is 353. The van der Waals surface area contributed by atoms with Gasteiger partial charge in [0, 0.05) is 0 Å². The maximum absolute atomic E-state index is 10.7. The van der Waals surface area contributed by atoms with E-state index in [-0.39, 0.29) is 0 Å². The van der Waals surface area contributed by atoms with Crippen molar-refractivity contribution in [2.45, 2.75) is 5.51 Å². The van der Waals surface area contributed by atoms with E-state index in [2.05, 4.69) is 0 Å². The number of sulfonamides is 1. The third-order valence-corrected chi connectivity index (χ3v) is 1.37. The molecule has 3 N–H and O–H groups in total. The van der Waals surface area contributed by atoms with E-state index in [1.165, 1.54) is 0 Å². The summed E-state index contributed by atoms with van der Waals surface area (Å²) in [4.78, 5) is 1.08. The molecule has 12 heteroatoms. The number of hydrogen-bond acceptors (Lipinski definition) is 5. The van der Waals surface area contributed by atoms with Gasteiger partial charge in [0.15, 0.2) is 0 Å². The lowest BCUT2D eigenvalue weighted by atomic mass is 11.6. The van der Waals surface area contributed by atoms with Crippen LogP contribution in [0, 0.1) is 0 Å². The van der Waals surface area contributed by atoms with Crippen LogP contribution in [0.2, 0.25) is 0 Å². The van der Waals surface area contributed by atoms with Crippen molar-refractivity contribution in [3.05, 3.63) is 0 Å². The first kappa shape index (κ1) is 16.0. The van der Waals surface area contributed by atoms with Crippen LogP contribution in [-0.4, -0.2) is 38.4 Å². The van der Waals surface area contributed by atoms with Crippen LogP contribution in [0.3, 0.4) is 0 Å². The molecular formula is C2H6F3NO6S2. The molecule has 0 aromatic rings. The summed E-state index contributed by atoms with van der Waals surface area (Å²) in [5.74, 6) is 0. The molecule has 0 atom stereocenters. The first-order valence-corrected chi connectivity index (χ1v) is 5.79. The second kappa shape index (κ2) is 4.88. The summed E-state index contributed by atoms with van der Waals surface area (Å²) in [6, 6.07) is 0. The van der Waals surface area contributed by atoms with E-state index in [0.717, 1.165) is 11.1 Å². The number of hydrogen-bond donors (Lipinski definition) is 3. The Morgan fingerprint density at radius 2 is 1.29 bits per heavy atom. The molecule has 7 nitrogen and oxygen atoms in total. The Labute approximate surface area is 77.3 Å². The lowest BCUT2D eigenvalue weighted by molar-refractivity contribution is -0.0510. The molecule has 0 aliphatic heterocycles. The van der Waals surface area contributed by atoms with Gasteiger partial charge in [0.2, 0.25) is 10.0 Å².